The molecule has 1 aromatic rings. The quantitative estimate of drug-likeness (QED) is 0.773. The molecule has 118 valence electrons. The summed E-state index contributed by atoms with van der Waals surface area (Å²) in [6.07, 6.45) is 1.87. The van der Waals surface area contributed by atoms with E-state index >= 15 is 0 Å². The van der Waals surface area contributed by atoms with E-state index in [2.05, 4.69) is 12.2 Å². The maximum absolute atomic E-state index is 12.3. The highest BCUT2D eigenvalue weighted by molar-refractivity contribution is 6.32. The van der Waals surface area contributed by atoms with Gasteiger partial charge in [0.15, 0.2) is 5.75 Å². The normalized spacial score (nSPS) is 10.3. The predicted molar refractivity (Wildman–Crippen MR) is 85.2 cm³/mol. The third kappa shape index (κ3) is 5.44. The van der Waals surface area contributed by atoms with Crippen molar-refractivity contribution in [2.24, 2.45) is 0 Å². The average Bonchev–Trinajstić information content (AvgIpc) is 2.47. The molecule has 21 heavy (non-hydrogen) atoms. The van der Waals surface area contributed by atoms with Gasteiger partial charge in [-0.25, -0.2) is 4.79 Å². The van der Waals surface area contributed by atoms with Crippen LogP contribution in [0.1, 0.15) is 26.7 Å². The summed E-state index contributed by atoms with van der Waals surface area (Å²) >= 11 is 6.09. The van der Waals surface area contributed by atoms with Crippen LogP contribution in [0.5, 0.6) is 5.75 Å². The number of unbranched alkanes of at least 4 members (excludes halogenated alkanes) is 1. The number of carbonyl (C=O) groups excluding carboxylic acids is 1. The zero-order valence-electron chi connectivity index (χ0n) is 12.6. The Bertz CT molecular complexity index is 455. The highest BCUT2D eigenvalue weighted by Crippen LogP contribution is 2.33. The van der Waals surface area contributed by atoms with Gasteiger partial charge in [0.05, 0.1) is 23.9 Å². The number of ether oxygens (including phenoxy) is 1. The van der Waals surface area contributed by atoms with E-state index in [-0.39, 0.29) is 12.6 Å². The standard InChI is InChI=1S/C15H23ClN2O3/c1-3-5-9-18(10-11-19)15(20)17-13-8-6-7-12(16)14(13)21-4-2/h6-8,19H,3-5,9-11H2,1-2H3,(H,17,20). The molecule has 0 radical (unpaired) electrons. The number of urea groups is 1. The van der Waals surface area contributed by atoms with Gasteiger partial charge in [0.2, 0.25) is 0 Å². The molecule has 1 aromatic carbocycles. The lowest BCUT2D eigenvalue weighted by Crippen LogP contribution is -2.37. The summed E-state index contributed by atoms with van der Waals surface area (Å²) in [6.45, 7) is 5.21. The molecule has 2 amide bonds. The predicted octanol–water partition coefficient (Wildman–Crippen LogP) is 3.37. The van der Waals surface area contributed by atoms with Crippen LogP contribution in [0.4, 0.5) is 10.5 Å². The van der Waals surface area contributed by atoms with Gasteiger partial charge in [-0.15, -0.1) is 0 Å². The number of benzene rings is 1. The fraction of sp³-hybridized carbons (Fsp3) is 0.533. The van der Waals surface area contributed by atoms with E-state index in [0.717, 1.165) is 12.8 Å². The lowest BCUT2D eigenvalue weighted by atomic mass is 10.3. The van der Waals surface area contributed by atoms with Crippen LogP contribution in [0.2, 0.25) is 5.02 Å². The number of para-hydroxylation sites is 1. The van der Waals surface area contributed by atoms with E-state index in [1.54, 1.807) is 23.1 Å². The molecule has 0 heterocycles. The number of nitrogens with one attached hydrogen (secondary N) is 1. The maximum Gasteiger partial charge on any atom is 0.322 e. The van der Waals surface area contributed by atoms with E-state index in [1.165, 1.54) is 0 Å². The van der Waals surface area contributed by atoms with Crippen molar-refractivity contribution >= 4 is 23.3 Å². The molecule has 0 saturated heterocycles. The Morgan fingerprint density at radius 3 is 2.76 bits per heavy atom. The Morgan fingerprint density at radius 1 is 1.38 bits per heavy atom. The van der Waals surface area contributed by atoms with Crippen LogP contribution < -0.4 is 10.1 Å². The highest BCUT2D eigenvalue weighted by Gasteiger charge is 2.16. The summed E-state index contributed by atoms with van der Waals surface area (Å²) in [5.74, 6) is 0.467. The summed E-state index contributed by atoms with van der Waals surface area (Å²) in [5, 5.41) is 12.3. The first-order valence-corrected chi connectivity index (χ1v) is 7.59. The van der Waals surface area contributed by atoms with Crippen molar-refractivity contribution in [3.63, 3.8) is 0 Å². The van der Waals surface area contributed by atoms with Crippen molar-refractivity contribution in [3.05, 3.63) is 23.2 Å². The minimum absolute atomic E-state index is 0.0645. The lowest BCUT2D eigenvalue weighted by molar-refractivity contribution is 0.187. The Balaban J connectivity index is 2.82. The number of aliphatic hydroxyl groups excluding tert-OH is 1. The number of hydrogen-bond acceptors (Lipinski definition) is 3. The van der Waals surface area contributed by atoms with E-state index in [1.807, 2.05) is 6.92 Å². The van der Waals surface area contributed by atoms with Gasteiger partial charge in [0, 0.05) is 13.1 Å². The largest absolute Gasteiger partial charge is 0.490 e. The van der Waals surface area contributed by atoms with Crippen molar-refractivity contribution in [1.29, 1.82) is 0 Å². The second-order valence-electron chi connectivity index (χ2n) is 4.54. The van der Waals surface area contributed by atoms with Gasteiger partial charge in [0.25, 0.3) is 0 Å². The first kappa shape index (κ1) is 17.6. The molecule has 0 fully saturated rings. The summed E-state index contributed by atoms with van der Waals surface area (Å²) < 4.78 is 5.47. The van der Waals surface area contributed by atoms with Gasteiger partial charge in [-0.1, -0.05) is 31.0 Å². The first-order chi connectivity index (χ1) is 10.1. The molecule has 0 aliphatic rings. The van der Waals surface area contributed by atoms with Gasteiger partial charge in [-0.2, -0.15) is 0 Å². The molecule has 0 unspecified atom stereocenters. The fourth-order valence-corrected chi connectivity index (χ4v) is 2.11. The van der Waals surface area contributed by atoms with Gasteiger partial charge < -0.3 is 20.1 Å². The number of carbonyl (C=O) groups is 1. The molecule has 0 aliphatic heterocycles. The van der Waals surface area contributed by atoms with E-state index in [9.17, 15) is 4.79 Å². The summed E-state index contributed by atoms with van der Waals surface area (Å²) in [7, 11) is 0. The number of nitrogens with zero attached hydrogens (tertiary/aromatic N) is 1. The van der Waals surface area contributed by atoms with Gasteiger partial charge >= 0.3 is 6.03 Å². The molecule has 0 aromatic heterocycles. The smallest absolute Gasteiger partial charge is 0.322 e. The first-order valence-electron chi connectivity index (χ1n) is 7.22. The van der Waals surface area contributed by atoms with Crippen LogP contribution in [0, 0.1) is 0 Å². The number of aliphatic hydroxyl groups is 1. The maximum atomic E-state index is 12.3. The molecule has 0 bridgehead atoms. The monoisotopic (exact) mass is 314 g/mol. The molecule has 0 atom stereocenters. The molecular formula is C15H23ClN2O3. The van der Waals surface area contributed by atoms with Gasteiger partial charge in [0.1, 0.15) is 0 Å². The Hall–Kier alpha value is -1.46. The van der Waals surface area contributed by atoms with Crippen molar-refractivity contribution in [1.82, 2.24) is 4.90 Å². The zero-order valence-corrected chi connectivity index (χ0v) is 13.3. The Kier molecular flexibility index (Phi) is 7.93. The van der Waals surface area contributed by atoms with Crippen molar-refractivity contribution < 1.29 is 14.6 Å². The lowest BCUT2D eigenvalue weighted by Gasteiger charge is -2.23. The molecule has 5 nitrogen and oxygen atoms in total. The van der Waals surface area contributed by atoms with Crippen LogP contribution in [0.15, 0.2) is 18.2 Å². The third-order valence-corrected chi connectivity index (χ3v) is 3.23. The number of amides is 2. The molecule has 1 rings (SSSR count). The molecule has 6 heteroatoms. The van der Waals surface area contributed by atoms with E-state index in [0.29, 0.717) is 36.2 Å². The second-order valence-corrected chi connectivity index (χ2v) is 4.95. The second kappa shape index (κ2) is 9.47. The topological polar surface area (TPSA) is 61.8 Å². The summed E-state index contributed by atoms with van der Waals surface area (Å²) in [6, 6.07) is 4.94. The number of rotatable bonds is 8. The SMILES string of the molecule is CCCCN(CCO)C(=O)Nc1cccc(Cl)c1OCC. The number of halogens is 1. The van der Waals surface area contributed by atoms with Crippen molar-refractivity contribution in [3.8, 4) is 5.75 Å². The molecule has 0 saturated carbocycles. The van der Waals surface area contributed by atoms with Crippen LogP contribution in [-0.4, -0.2) is 42.3 Å². The number of hydrogen-bond donors (Lipinski definition) is 2. The molecule has 0 spiro atoms. The van der Waals surface area contributed by atoms with Crippen LogP contribution in [0.25, 0.3) is 0 Å². The minimum atomic E-state index is -0.263. The highest BCUT2D eigenvalue weighted by atomic mass is 35.5. The van der Waals surface area contributed by atoms with Crippen LogP contribution in [-0.2, 0) is 0 Å². The minimum Gasteiger partial charge on any atom is -0.490 e. The molecular weight excluding hydrogens is 292 g/mol. The fourth-order valence-electron chi connectivity index (χ4n) is 1.88. The Labute approximate surface area is 130 Å². The summed E-state index contributed by atoms with van der Waals surface area (Å²) in [4.78, 5) is 13.9. The number of anilines is 1. The Morgan fingerprint density at radius 2 is 2.14 bits per heavy atom. The van der Waals surface area contributed by atoms with Gasteiger partial charge in [-0.3, -0.25) is 0 Å². The van der Waals surface area contributed by atoms with Crippen LogP contribution in [0.3, 0.4) is 0 Å². The van der Waals surface area contributed by atoms with Crippen molar-refractivity contribution in [2.75, 3.05) is 31.6 Å². The van der Waals surface area contributed by atoms with Gasteiger partial charge in [-0.05, 0) is 25.5 Å². The van der Waals surface area contributed by atoms with E-state index < -0.39 is 0 Å². The molecule has 2 N–H and O–H groups in total. The zero-order chi connectivity index (χ0) is 15.7. The average molecular weight is 315 g/mol. The summed E-state index contributed by atoms with van der Waals surface area (Å²) in [5.41, 5.74) is 0.536. The molecule has 0 aliphatic carbocycles. The third-order valence-electron chi connectivity index (χ3n) is 2.94. The van der Waals surface area contributed by atoms with Crippen molar-refractivity contribution in [2.45, 2.75) is 26.7 Å². The van der Waals surface area contributed by atoms with E-state index in [4.69, 9.17) is 21.4 Å². The van der Waals surface area contributed by atoms with Crippen LogP contribution >= 0.6 is 11.6 Å².